The minimum atomic E-state index is -0.704. The molecular formula is C19H16N4O3. The van der Waals surface area contributed by atoms with Gasteiger partial charge in [-0.25, -0.2) is 4.79 Å². The highest BCUT2D eigenvalue weighted by Crippen LogP contribution is 2.25. The molecule has 0 fully saturated rings. The maximum atomic E-state index is 12.3. The molecule has 0 saturated carbocycles. The van der Waals surface area contributed by atoms with E-state index in [1.165, 1.54) is 6.07 Å². The Morgan fingerprint density at radius 1 is 1.23 bits per heavy atom. The van der Waals surface area contributed by atoms with Gasteiger partial charge in [0, 0.05) is 18.4 Å². The minimum Gasteiger partial charge on any atom is -0.506 e. The molecule has 1 aliphatic heterocycles. The fourth-order valence-electron chi connectivity index (χ4n) is 3.24. The summed E-state index contributed by atoms with van der Waals surface area (Å²) in [7, 11) is 0. The average molecular weight is 348 g/mol. The molecule has 1 aliphatic rings. The number of aromatic nitrogens is 3. The normalized spacial score (nSPS) is 15.0. The highest BCUT2D eigenvalue weighted by molar-refractivity contribution is 5.93. The third-order valence-electron chi connectivity index (χ3n) is 4.58. The van der Waals surface area contributed by atoms with Gasteiger partial charge >= 0.3 is 5.63 Å². The number of rotatable bonds is 2. The number of allylic oxidation sites excluding steroid dienone is 1. The van der Waals surface area contributed by atoms with Crippen LogP contribution in [0.1, 0.15) is 36.5 Å². The van der Waals surface area contributed by atoms with Crippen LogP contribution < -0.4 is 5.63 Å². The molecule has 0 bridgehead atoms. The number of hydrogen-bond acceptors (Lipinski definition) is 6. The Bertz CT molecular complexity index is 1120. The molecule has 1 N–H and O–H groups in total. The van der Waals surface area contributed by atoms with Gasteiger partial charge < -0.3 is 14.1 Å². The number of fused-ring (bicyclic) bond motifs is 2. The first-order valence-electron chi connectivity index (χ1n) is 8.48. The Balaban J connectivity index is 1.90. The van der Waals surface area contributed by atoms with Crippen molar-refractivity contribution in [2.45, 2.75) is 32.2 Å². The zero-order chi connectivity index (χ0) is 18.1. The van der Waals surface area contributed by atoms with Crippen molar-refractivity contribution >= 4 is 22.3 Å². The van der Waals surface area contributed by atoms with Gasteiger partial charge in [0.1, 0.15) is 28.6 Å². The van der Waals surface area contributed by atoms with E-state index in [9.17, 15) is 15.2 Å². The molecule has 0 amide bonds. The molecule has 0 radical (unpaired) electrons. The van der Waals surface area contributed by atoms with Crippen molar-refractivity contribution < 1.29 is 9.52 Å². The van der Waals surface area contributed by atoms with E-state index in [-0.39, 0.29) is 17.0 Å². The molecule has 0 spiro atoms. The van der Waals surface area contributed by atoms with Gasteiger partial charge in [0.25, 0.3) is 0 Å². The molecule has 3 aromatic rings. The largest absolute Gasteiger partial charge is 0.506 e. The van der Waals surface area contributed by atoms with Gasteiger partial charge in [-0.15, -0.1) is 10.2 Å². The Labute approximate surface area is 148 Å². The summed E-state index contributed by atoms with van der Waals surface area (Å²) in [5.41, 5.74) is -0.423. The van der Waals surface area contributed by atoms with Crippen LogP contribution >= 0.6 is 0 Å². The zero-order valence-corrected chi connectivity index (χ0v) is 14.0. The summed E-state index contributed by atoms with van der Waals surface area (Å²) in [5.74, 6) is 0.643. The number of para-hydroxylation sites is 1. The van der Waals surface area contributed by atoms with E-state index >= 15 is 0 Å². The molecule has 26 heavy (non-hydrogen) atoms. The standard InChI is InChI=1S/C19H16N4O3/c20-11-14(18-22-21-16-8-2-1-5-9-23(16)18)17(24)13-10-12-6-3-4-7-15(12)26-19(13)25/h3-4,6-7,10,24H,1-2,5,8-9H2. The predicted molar refractivity (Wildman–Crippen MR) is 95.1 cm³/mol. The van der Waals surface area contributed by atoms with E-state index in [4.69, 9.17) is 4.42 Å². The first-order chi connectivity index (χ1) is 12.7. The Morgan fingerprint density at radius 2 is 2.08 bits per heavy atom. The number of aryl methyl sites for hydroxylation is 1. The number of aliphatic hydroxyl groups is 1. The topological polar surface area (TPSA) is 105 Å². The average Bonchev–Trinajstić information content (AvgIpc) is 2.89. The number of nitrogens with zero attached hydrogens (tertiary/aromatic N) is 4. The van der Waals surface area contributed by atoms with E-state index < -0.39 is 11.4 Å². The molecule has 4 rings (SSSR count). The van der Waals surface area contributed by atoms with Crippen LogP contribution in [0.5, 0.6) is 0 Å². The summed E-state index contributed by atoms with van der Waals surface area (Å²) in [5, 5.41) is 29.2. The summed E-state index contributed by atoms with van der Waals surface area (Å²) in [4.78, 5) is 12.3. The van der Waals surface area contributed by atoms with Crippen LogP contribution in [0, 0.1) is 11.3 Å². The van der Waals surface area contributed by atoms with E-state index in [1.807, 2.05) is 10.6 Å². The monoisotopic (exact) mass is 348 g/mol. The lowest BCUT2D eigenvalue weighted by Crippen LogP contribution is -2.10. The minimum absolute atomic E-state index is 0.0637. The first-order valence-corrected chi connectivity index (χ1v) is 8.48. The molecule has 2 aromatic heterocycles. The lowest BCUT2D eigenvalue weighted by molar-refractivity contribution is 0.498. The first kappa shape index (κ1) is 16.1. The van der Waals surface area contributed by atoms with E-state index in [2.05, 4.69) is 10.2 Å². The summed E-state index contributed by atoms with van der Waals surface area (Å²) in [6.07, 6.45) is 3.83. The number of benzene rings is 1. The van der Waals surface area contributed by atoms with Crippen LogP contribution in [0.25, 0.3) is 22.3 Å². The van der Waals surface area contributed by atoms with Crippen molar-refractivity contribution in [3.8, 4) is 6.07 Å². The van der Waals surface area contributed by atoms with E-state index in [0.29, 0.717) is 17.5 Å². The van der Waals surface area contributed by atoms with Crippen molar-refractivity contribution in [1.82, 2.24) is 14.8 Å². The third-order valence-corrected chi connectivity index (χ3v) is 4.58. The molecular weight excluding hydrogens is 332 g/mol. The molecule has 0 unspecified atom stereocenters. The lowest BCUT2D eigenvalue weighted by Gasteiger charge is -2.08. The number of nitriles is 1. The van der Waals surface area contributed by atoms with Gasteiger partial charge in [0.2, 0.25) is 0 Å². The molecule has 130 valence electrons. The van der Waals surface area contributed by atoms with Crippen molar-refractivity contribution in [2.24, 2.45) is 0 Å². The number of hydrogen-bond donors (Lipinski definition) is 1. The van der Waals surface area contributed by atoms with Crippen LogP contribution in [-0.4, -0.2) is 19.9 Å². The highest BCUT2D eigenvalue weighted by atomic mass is 16.4. The Hall–Kier alpha value is -3.40. The smallest absolute Gasteiger partial charge is 0.347 e. The van der Waals surface area contributed by atoms with Gasteiger partial charge in [-0.05, 0) is 25.0 Å². The second kappa shape index (κ2) is 6.48. The van der Waals surface area contributed by atoms with E-state index in [1.54, 1.807) is 24.3 Å². The summed E-state index contributed by atoms with van der Waals surface area (Å²) < 4.78 is 7.11. The second-order valence-electron chi connectivity index (χ2n) is 6.22. The molecule has 0 saturated heterocycles. The SMILES string of the molecule is N#CC(=C(O)c1cc2ccccc2oc1=O)c1nnc2n1CCCCC2. The van der Waals surface area contributed by atoms with Gasteiger partial charge in [0.15, 0.2) is 11.6 Å². The van der Waals surface area contributed by atoms with Crippen molar-refractivity contribution in [3.05, 3.63) is 58.0 Å². The molecule has 3 heterocycles. The van der Waals surface area contributed by atoms with Gasteiger partial charge in [-0.2, -0.15) is 5.26 Å². The quantitative estimate of drug-likeness (QED) is 0.433. The van der Waals surface area contributed by atoms with Crippen molar-refractivity contribution in [1.29, 1.82) is 5.26 Å². The maximum absolute atomic E-state index is 12.3. The highest BCUT2D eigenvalue weighted by Gasteiger charge is 2.23. The lowest BCUT2D eigenvalue weighted by atomic mass is 10.1. The fourth-order valence-corrected chi connectivity index (χ4v) is 3.24. The van der Waals surface area contributed by atoms with Gasteiger partial charge in [-0.1, -0.05) is 24.6 Å². The molecule has 1 aromatic carbocycles. The second-order valence-corrected chi connectivity index (χ2v) is 6.22. The van der Waals surface area contributed by atoms with E-state index in [0.717, 1.165) is 31.5 Å². The van der Waals surface area contributed by atoms with Crippen LogP contribution in [0.4, 0.5) is 0 Å². The Kier molecular flexibility index (Phi) is 4.01. The summed E-state index contributed by atoms with van der Waals surface area (Å²) >= 11 is 0. The van der Waals surface area contributed by atoms with Gasteiger partial charge in [0.05, 0.1) is 0 Å². The van der Waals surface area contributed by atoms with Crippen molar-refractivity contribution in [3.63, 3.8) is 0 Å². The molecule has 0 atom stereocenters. The molecule has 7 heteroatoms. The van der Waals surface area contributed by atoms with Gasteiger partial charge in [-0.3, -0.25) is 0 Å². The Morgan fingerprint density at radius 3 is 2.92 bits per heavy atom. The summed E-state index contributed by atoms with van der Waals surface area (Å²) in [6, 6.07) is 10.5. The number of aliphatic hydroxyl groups excluding tert-OH is 1. The van der Waals surface area contributed by atoms with Crippen LogP contribution in [0.3, 0.4) is 0 Å². The summed E-state index contributed by atoms with van der Waals surface area (Å²) in [6.45, 7) is 0.683. The maximum Gasteiger partial charge on any atom is 0.347 e. The van der Waals surface area contributed by atoms with Crippen molar-refractivity contribution in [2.75, 3.05) is 0 Å². The van der Waals surface area contributed by atoms with Crippen LogP contribution in [-0.2, 0) is 13.0 Å². The van der Waals surface area contributed by atoms with Crippen LogP contribution in [0.15, 0.2) is 39.5 Å². The molecule has 0 aliphatic carbocycles. The zero-order valence-electron chi connectivity index (χ0n) is 14.0. The molecule has 7 nitrogen and oxygen atoms in total. The third kappa shape index (κ3) is 2.65. The predicted octanol–water partition coefficient (Wildman–Crippen LogP) is 3.06. The van der Waals surface area contributed by atoms with Crippen LogP contribution in [0.2, 0.25) is 0 Å². The fraction of sp³-hybridized carbons (Fsp3) is 0.263.